The smallest absolute Gasteiger partial charge is 0.134 e. The lowest BCUT2D eigenvalue weighted by Gasteiger charge is -2.03. The molecule has 96 valence electrons. The number of hydrogen-bond acceptors (Lipinski definition) is 5. The maximum atomic E-state index is 5.95. The zero-order chi connectivity index (χ0) is 12.8. The summed E-state index contributed by atoms with van der Waals surface area (Å²) in [5, 5.41) is 9.34. The standard InChI is InChI=1S/C12H14ClN3S2/c1-2-6-14-12-11(15-16-18-12)8-17-10-5-3-4-9(13)7-10/h3-5,7,14H,2,6,8H2,1H3. The van der Waals surface area contributed by atoms with Gasteiger partial charge in [-0.25, -0.2) is 0 Å². The minimum atomic E-state index is 0.765. The maximum Gasteiger partial charge on any atom is 0.134 e. The Kier molecular flexibility index (Phi) is 5.28. The van der Waals surface area contributed by atoms with E-state index in [1.54, 1.807) is 11.8 Å². The van der Waals surface area contributed by atoms with Crippen LogP contribution in [-0.2, 0) is 5.75 Å². The molecule has 0 bridgehead atoms. The zero-order valence-electron chi connectivity index (χ0n) is 10.0. The molecule has 0 aliphatic rings. The second kappa shape index (κ2) is 6.97. The Bertz CT molecular complexity index is 502. The third-order valence-corrected chi connectivity index (χ3v) is 4.23. The third kappa shape index (κ3) is 3.86. The number of rotatable bonds is 6. The minimum absolute atomic E-state index is 0.765. The summed E-state index contributed by atoms with van der Waals surface area (Å²) in [5.74, 6) is 0.808. The summed E-state index contributed by atoms with van der Waals surface area (Å²) in [4.78, 5) is 1.15. The van der Waals surface area contributed by atoms with Gasteiger partial charge in [0.15, 0.2) is 0 Å². The van der Waals surface area contributed by atoms with E-state index in [1.807, 2.05) is 18.2 Å². The fourth-order valence-corrected chi connectivity index (χ4v) is 3.23. The van der Waals surface area contributed by atoms with Crippen LogP contribution in [0, 0.1) is 0 Å². The molecule has 0 aliphatic carbocycles. The van der Waals surface area contributed by atoms with Crippen molar-refractivity contribution in [1.82, 2.24) is 9.59 Å². The Morgan fingerprint density at radius 2 is 2.33 bits per heavy atom. The van der Waals surface area contributed by atoms with Gasteiger partial charge in [-0.2, -0.15) is 0 Å². The highest BCUT2D eigenvalue weighted by molar-refractivity contribution is 7.98. The van der Waals surface area contributed by atoms with Crippen molar-refractivity contribution in [2.45, 2.75) is 24.0 Å². The molecule has 0 fully saturated rings. The molecule has 1 N–H and O–H groups in total. The van der Waals surface area contributed by atoms with E-state index >= 15 is 0 Å². The molecule has 0 radical (unpaired) electrons. The van der Waals surface area contributed by atoms with Gasteiger partial charge in [0, 0.05) is 33.7 Å². The highest BCUT2D eigenvalue weighted by Crippen LogP contribution is 2.28. The number of anilines is 1. The lowest BCUT2D eigenvalue weighted by Crippen LogP contribution is -2.00. The molecule has 0 saturated heterocycles. The molecule has 6 heteroatoms. The highest BCUT2D eigenvalue weighted by Gasteiger charge is 2.07. The summed E-state index contributed by atoms with van der Waals surface area (Å²) in [6, 6.07) is 7.85. The summed E-state index contributed by atoms with van der Waals surface area (Å²) in [5.41, 5.74) is 1.01. The SMILES string of the molecule is CCCNc1snnc1CSc1cccc(Cl)c1. The van der Waals surface area contributed by atoms with Gasteiger partial charge in [-0.1, -0.05) is 29.1 Å². The van der Waals surface area contributed by atoms with Crippen molar-refractivity contribution in [3.05, 3.63) is 35.0 Å². The molecule has 0 aliphatic heterocycles. The van der Waals surface area contributed by atoms with Crippen molar-refractivity contribution in [2.24, 2.45) is 0 Å². The van der Waals surface area contributed by atoms with Crippen molar-refractivity contribution in [1.29, 1.82) is 0 Å². The van der Waals surface area contributed by atoms with Crippen molar-refractivity contribution >= 4 is 39.9 Å². The third-order valence-electron chi connectivity index (χ3n) is 2.26. The monoisotopic (exact) mass is 299 g/mol. The molecule has 2 aromatic rings. The average molecular weight is 300 g/mol. The number of nitrogens with one attached hydrogen (secondary N) is 1. The highest BCUT2D eigenvalue weighted by atomic mass is 35.5. The molecule has 0 saturated carbocycles. The number of hydrogen-bond donors (Lipinski definition) is 1. The molecular formula is C12H14ClN3S2. The van der Waals surface area contributed by atoms with Gasteiger partial charge in [-0.05, 0) is 24.6 Å². The predicted molar refractivity (Wildman–Crippen MR) is 79.7 cm³/mol. The predicted octanol–water partition coefficient (Wildman–Crippen LogP) is 4.31. The molecular weight excluding hydrogens is 286 g/mol. The zero-order valence-corrected chi connectivity index (χ0v) is 12.4. The second-order valence-electron chi connectivity index (χ2n) is 3.72. The number of aromatic nitrogens is 2. The van der Waals surface area contributed by atoms with Crippen LogP contribution in [0.3, 0.4) is 0 Å². The first-order valence-corrected chi connectivity index (χ1v) is 7.86. The van der Waals surface area contributed by atoms with Gasteiger partial charge in [-0.15, -0.1) is 16.9 Å². The molecule has 0 spiro atoms. The Morgan fingerprint density at radius 1 is 1.44 bits per heavy atom. The van der Waals surface area contributed by atoms with Crippen LogP contribution in [0.2, 0.25) is 5.02 Å². The Hall–Kier alpha value is -0.780. The van der Waals surface area contributed by atoms with Crippen molar-refractivity contribution < 1.29 is 0 Å². The number of thioether (sulfide) groups is 1. The largest absolute Gasteiger partial charge is 0.374 e. The van der Waals surface area contributed by atoms with Crippen molar-refractivity contribution in [3.63, 3.8) is 0 Å². The molecule has 1 aromatic heterocycles. The Labute approximate surface area is 120 Å². The Balaban J connectivity index is 1.95. The van der Waals surface area contributed by atoms with E-state index in [0.717, 1.165) is 39.3 Å². The first-order valence-electron chi connectivity index (χ1n) is 5.73. The van der Waals surface area contributed by atoms with Crippen molar-refractivity contribution in [3.8, 4) is 0 Å². The van der Waals surface area contributed by atoms with E-state index in [9.17, 15) is 0 Å². The van der Waals surface area contributed by atoms with Crippen molar-refractivity contribution in [2.75, 3.05) is 11.9 Å². The van der Waals surface area contributed by atoms with Crippen LogP contribution in [0.1, 0.15) is 19.0 Å². The van der Waals surface area contributed by atoms with E-state index in [0.29, 0.717) is 0 Å². The van der Waals surface area contributed by atoms with E-state index in [4.69, 9.17) is 11.6 Å². The van der Waals surface area contributed by atoms with Gasteiger partial charge in [0.25, 0.3) is 0 Å². The molecule has 1 heterocycles. The second-order valence-corrected chi connectivity index (χ2v) is 5.96. The lowest BCUT2D eigenvalue weighted by atomic mass is 10.4. The van der Waals surface area contributed by atoms with Crippen LogP contribution in [0.5, 0.6) is 0 Å². The van der Waals surface area contributed by atoms with Gasteiger partial charge in [0.05, 0.1) is 0 Å². The quantitative estimate of drug-likeness (QED) is 0.807. The van der Waals surface area contributed by atoms with Crippen LogP contribution >= 0.6 is 34.9 Å². The molecule has 18 heavy (non-hydrogen) atoms. The van der Waals surface area contributed by atoms with E-state index in [2.05, 4.69) is 27.9 Å². The minimum Gasteiger partial charge on any atom is -0.374 e. The molecule has 3 nitrogen and oxygen atoms in total. The van der Waals surface area contributed by atoms with Crippen LogP contribution in [-0.4, -0.2) is 16.1 Å². The number of halogens is 1. The van der Waals surface area contributed by atoms with Crippen LogP contribution < -0.4 is 5.32 Å². The summed E-state index contributed by atoms with van der Waals surface area (Å²) in [6.45, 7) is 3.10. The van der Waals surface area contributed by atoms with Crippen LogP contribution in [0.4, 0.5) is 5.00 Å². The number of benzene rings is 1. The maximum absolute atomic E-state index is 5.95. The molecule has 0 atom stereocenters. The van der Waals surface area contributed by atoms with Crippen LogP contribution in [0.25, 0.3) is 0 Å². The van der Waals surface area contributed by atoms with E-state index in [-0.39, 0.29) is 0 Å². The molecule has 0 amide bonds. The Morgan fingerprint density at radius 3 is 3.11 bits per heavy atom. The van der Waals surface area contributed by atoms with Gasteiger partial charge < -0.3 is 5.32 Å². The molecule has 0 unspecified atom stereocenters. The molecule has 2 rings (SSSR count). The van der Waals surface area contributed by atoms with Gasteiger partial charge in [0.1, 0.15) is 10.7 Å². The fraction of sp³-hybridized carbons (Fsp3) is 0.333. The summed E-state index contributed by atoms with van der Waals surface area (Å²) in [7, 11) is 0. The van der Waals surface area contributed by atoms with Gasteiger partial charge in [-0.3, -0.25) is 0 Å². The first-order chi connectivity index (χ1) is 8.79. The molecule has 1 aromatic carbocycles. The van der Waals surface area contributed by atoms with Gasteiger partial charge in [0.2, 0.25) is 0 Å². The van der Waals surface area contributed by atoms with E-state index in [1.165, 1.54) is 11.5 Å². The summed E-state index contributed by atoms with van der Waals surface area (Å²) >= 11 is 9.09. The first kappa shape index (κ1) is 13.6. The summed E-state index contributed by atoms with van der Waals surface area (Å²) < 4.78 is 3.99. The topological polar surface area (TPSA) is 37.8 Å². The van der Waals surface area contributed by atoms with E-state index < -0.39 is 0 Å². The average Bonchev–Trinajstić information content (AvgIpc) is 2.81. The normalized spacial score (nSPS) is 10.6. The summed E-state index contributed by atoms with van der Waals surface area (Å²) in [6.07, 6.45) is 1.10. The lowest BCUT2D eigenvalue weighted by molar-refractivity contribution is 0.976. The van der Waals surface area contributed by atoms with Gasteiger partial charge >= 0.3 is 0 Å². The number of nitrogens with zero attached hydrogens (tertiary/aromatic N) is 2. The fourth-order valence-electron chi connectivity index (χ4n) is 1.38. The van der Waals surface area contributed by atoms with Crippen LogP contribution in [0.15, 0.2) is 29.2 Å².